The summed E-state index contributed by atoms with van der Waals surface area (Å²) >= 11 is 0. The number of benzene rings is 2. The summed E-state index contributed by atoms with van der Waals surface area (Å²) in [5, 5.41) is 10.7. The van der Waals surface area contributed by atoms with E-state index in [0.29, 0.717) is 22.5 Å². The van der Waals surface area contributed by atoms with Crippen LogP contribution in [0.4, 0.5) is 0 Å². The summed E-state index contributed by atoms with van der Waals surface area (Å²) in [6, 6.07) is 12.5. The first-order chi connectivity index (χ1) is 13.6. The number of nitrogens with one attached hydrogen (secondary N) is 2. The molecule has 0 saturated heterocycles. The molecule has 0 radical (unpaired) electrons. The Morgan fingerprint density at radius 3 is 2.75 bits per heavy atom. The Bertz CT molecular complexity index is 1240. The van der Waals surface area contributed by atoms with E-state index in [2.05, 4.69) is 20.6 Å². The maximum Gasteiger partial charge on any atom is 0.277 e. The van der Waals surface area contributed by atoms with E-state index >= 15 is 0 Å². The predicted octanol–water partition coefficient (Wildman–Crippen LogP) is 1.52. The third kappa shape index (κ3) is 2.82. The van der Waals surface area contributed by atoms with Crippen molar-refractivity contribution in [3.63, 3.8) is 0 Å². The van der Waals surface area contributed by atoms with Crippen molar-refractivity contribution >= 4 is 22.5 Å². The minimum atomic E-state index is -0.513. The molecule has 2 N–H and O–H groups in total. The molecule has 9 nitrogen and oxygen atoms in total. The monoisotopic (exact) mass is 379 g/mol. The first kappa shape index (κ1) is 17.5. The van der Waals surface area contributed by atoms with Crippen LogP contribution in [0.5, 0.6) is 11.5 Å². The quantitative estimate of drug-likeness (QED) is 0.544. The predicted molar refractivity (Wildman–Crippen MR) is 102 cm³/mol. The average Bonchev–Trinajstić information content (AvgIpc) is 3.18. The van der Waals surface area contributed by atoms with E-state index in [1.54, 1.807) is 37.4 Å². The van der Waals surface area contributed by atoms with Crippen molar-refractivity contribution < 1.29 is 14.3 Å². The van der Waals surface area contributed by atoms with E-state index in [-0.39, 0.29) is 17.8 Å². The van der Waals surface area contributed by atoms with Crippen LogP contribution in [0.1, 0.15) is 16.1 Å². The van der Waals surface area contributed by atoms with E-state index in [4.69, 9.17) is 9.47 Å². The van der Waals surface area contributed by atoms with Crippen LogP contribution in [0.2, 0.25) is 0 Å². The maximum atomic E-state index is 12.7. The summed E-state index contributed by atoms with van der Waals surface area (Å²) in [4.78, 5) is 27.9. The molecule has 28 heavy (non-hydrogen) atoms. The molecule has 0 fully saturated rings. The first-order valence-corrected chi connectivity index (χ1v) is 8.48. The van der Waals surface area contributed by atoms with E-state index in [1.807, 2.05) is 12.1 Å². The number of amides is 1. The highest BCUT2D eigenvalue weighted by molar-refractivity contribution is 5.99. The molecule has 0 spiro atoms. The fourth-order valence-corrected chi connectivity index (χ4v) is 3.10. The Hall–Kier alpha value is -3.88. The van der Waals surface area contributed by atoms with Crippen LogP contribution in [0.25, 0.3) is 16.6 Å². The third-order valence-electron chi connectivity index (χ3n) is 4.40. The highest BCUT2D eigenvalue weighted by atomic mass is 16.5. The lowest BCUT2D eigenvalue weighted by Gasteiger charge is -2.12. The van der Waals surface area contributed by atoms with Crippen LogP contribution in [0.3, 0.4) is 0 Å². The van der Waals surface area contributed by atoms with Gasteiger partial charge in [-0.1, -0.05) is 29.5 Å². The van der Waals surface area contributed by atoms with E-state index in [0.717, 1.165) is 5.56 Å². The summed E-state index contributed by atoms with van der Waals surface area (Å²) in [6.07, 6.45) is 0. The van der Waals surface area contributed by atoms with E-state index in [1.165, 1.54) is 11.6 Å². The van der Waals surface area contributed by atoms with Gasteiger partial charge in [0.15, 0.2) is 22.7 Å². The zero-order chi connectivity index (χ0) is 19.7. The number of nitrogens with zero attached hydrogens (tertiary/aromatic N) is 3. The number of carbonyl (C=O) groups is 1. The first-order valence-electron chi connectivity index (χ1n) is 8.48. The van der Waals surface area contributed by atoms with Gasteiger partial charge >= 0.3 is 0 Å². The number of hydrogen-bond donors (Lipinski definition) is 2. The number of aromatic amines is 1. The largest absolute Gasteiger partial charge is 0.493 e. The molecule has 4 aromatic rings. The highest BCUT2D eigenvalue weighted by Crippen LogP contribution is 2.30. The number of ether oxygens (including phenoxy) is 2. The van der Waals surface area contributed by atoms with E-state index < -0.39 is 11.5 Å². The van der Waals surface area contributed by atoms with Crippen molar-refractivity contribution in [3.8, 4) is 11.5 Å². The van der Waals surface area contributed by atoms with Crippen LogP contribution in [-0.4, -0.2) is 39.9 Å². The second-order valence-corrected chi connectivity index (χ2v) is 6.01. The van der Waals surface area contributed by atoms with Gasteiger partial charge in [0.25, 0.3) is 11.5 Å². The third-order valence-corrected chi connectivity index (χ3v) is 4.40. The lowest BCUT2D eigenvalue weighted by Crippen LogP contribution is -2.25. The number of rotatable bonds is 5. The number of fused-ring (bicyclic) bond motifs is 3. The summed E-state index contributed by atoms with van der Waals surface area (Å²) in [7, 11) is 3.07. The molecule has 2 aromatic carbocycles. The lowest BCUT2D eigenvalue weighted by molar-refractivity contribution is 0.0947. The topological polar surface area (TPSA) is 111 Å². The normalized spacial score (nSPS) is 10.9. The number of aromatic nitrogens is 4. The van der Waals surface area contributed by atoms with E-state index in [9.17, 15) is 9.59 Å². The summed E-state index contributed by atoms with van der Waals surface area (Å²) < 4.78 is 12.0. The van der Waals surface area contributed by atoms with Gasteiger partial charge in [-0.2, -0.15) is 0 Å². The summed E-state index contributed by atoms with van der Waals surface area (Å²) in [5.74, 6) is 0.578. The fraction of sp³-hybridized carbons (Fsp3) is 0.158. The Morgan fingerprint density at radius 1 is 1.14 bits per heavy atom. The maximum absolute atomic E-state index is 12.7. The smallest absolute Gasteiger partial charge is 0.277 e. The van der Waals surface area contributed by atoms with Crippen molar-refractivity contribution in [2.75, 3.05) is 14.2 Å². The molecule has 1 amide bonds. The minimum absolute atomic E-state index is 0.0473. The second kappa shape index (κ2) is 7.03. The molecule has 2 heterocycles. The van der Waals surface area contributed by atoms with Crippen LogP contribution >= 0.6 is 0 Å². The molecule has 9 heteroatoms. The summed E-state index contributed by atoms with van der Waals surface area (Å²) in [6.45, 7) is 0.170. The number of hydrogen-bond acceptors (Lipinski definition) is 6. The molecule has 142 valence electrons. The number of carbonyl (C=O) groups excluding carboxylic acids is 1. The number of methoxy groups -OCH3 is 2. The van der Waals surface area contributed by atoms with Crippen LogP contribution in [0.15, 0.2) is 47.3 Å². The van der Waals surface area contributed by atoms with Gasteiger partial charge < -0.3 is 19.8 Å². The van der Waals surface area contributed by atoms with Crippen molar-refractivity contribution in [1.82, 2.24) is 25.1 Å². The van der Waals surface area contributed by atoms with Gasteiger partial charge in [0.05, 0.1) is 25.3 Å². The van der Waals surface area contributed by atoms with Gasteiger partial charge in [-0.3, -0.25) is 9.59 Å². The van der Waals surface area contributed by atoms with Crippen molar-refractivity contribution in [3.05, 3.63) is 64.1 Å². The van der Waals surface area contributed by atoms with Crippen LogP contribution < -0.4 is 20.3 Å². The molecule has 0 atom stereocenters. The number of H-pyrrole nitrogens is 1. The molecule has 0 aliphatic heterocycles. The van der Waals surface area contributed by atoms with Gasteiger partial charge in [0.1, 0.15) is 0 Å². The standard InChI is InChI=1S/C19H17N5O4/c1-27-14-9-5-6-11(17(14)28-2)10-20-18(25)15-16-19(26)21-12-7-3-4-8-13(12)24(16)23-22-15/h3-9H,10H2,1-2H3,(H,20,25)(H,21,26). The fourth-order valence-electron chi connectivity index (χ4n) is 3.10. The SMILES string of the molecule is COc1cccc(CNC(=O)c2nnn3c2c(=O)[nH]c2ccccc23)c1OC. The Kier molecular flexibility index (Phi) is 4.40. The molecule has 2 aromatic heterocycles. The Morgan fingerprint density at radius 2 is 1.96 bits per heavy atom. The molecule has 0 saturated carbocycles. The van der Waals surface area contributed by atoms with Gasteiger partial charge in [-0.25, -0.2) is 4.52 Å². The van der Waals surface area contributed by atoms with Gasteiger partial charge in [-0.15, -0.1) is 5.10 Å². The van der Waals surface area contributed by atoms with Crippen molar-refractivity contribution in [2.24, 2.45) is 0 Å². The Labute approximate surface area is 158 Å². The molecular formula is C19H17N5O4. The average molecular weight is 379 g/mol. The zero-order valence-corrected chi connectivity index (χ0v) is 15.2. The molecule has 4 rings (SSSR count). The minimum Gasteiger partial charge on any atom is -0.493 e. The highest BCUT2D eigenvalue weighted by Gasteiger charge is 2.20. The lowest BCUT2D eigenvalue weighted by atomic mass is 10.2. The zero-order valence-electron chi connectivity index (χ0n) is 15.2. The van der Waals surface area contributed by atoms with Crippen molar-refractivity contribution in [1.29, 1.82) is 0 Å². The molecular weight excluding hydrogens is 362 g/mol. The van der Waals surface area contributed by atoms with Crippen LogP contribution in [-0.2, 0) is 6.54 Å². The van der Waals surface area contributed by atoms with Gasteiger partial charge in [0.2, 0.25) is 0 Å². The summed E-state index contributed by atoms with van der Waals surface area (Å²) in [5.41, 5.74) is 1.60. The van der Waals surface area contributed by atoms with Crippen molar-refractivity contribution in [2.45, 2.75) is 6.54 Å². The molecule has 0 aliphatic rings. The second-order valence-electron chi connectivity index (χ2n) is 6.01. The Balaban J connectivity index is 1.67. The molecule has 0 bridgehead atoms. The molecule has 0 unspecified atom stereocenters. The van der Waals surface area contributed by atoms with Crippen LogP contribution in [0, 0.1) is 0 Å². The molecule has 0 aliphatic carbocycles. The number of para-hydroxylation sites is 3. The van der Waals surface area contributed by atoms with Gasteiger partial charge in [0, 0.05) is 12.1 Å². The van der Waals surface area contributed by atoms with Gasteiger partial charge in [-0.05, 0) is 18.2 Å².